The Morgan fingerprint density at radius 1 is 1.10 bits per heavy atom. The molecule has 4 rings (SSSR count). The standard InChI is InChI=1S/C29H34ClF3N2O4/c1-34(2)25(36)23-11-10-22(17-24(23)30)39-16-6-7-20-18-27(19-20)12-14-35(15-13-27)26(37)28(38,29(31,32)33)21-8-4-3-5-9-21/h3-5,8-11,17,20,38H,6-7,12-16,18-19H2,1-2H3. The van der Waals surface area contributed by atoms with E-state index in [1.54, 1.807) is 32.3 Å². The van der Waals surface area contributed by atoms with Crippen molar-refractivity contribution in [1.82, 2.24) is 9.80 Å². The fraction of sp³-hybridized carbons (Fsp3) is 0.517. The van der Waals surface area contributed by atoms with Crippen molar-refractivity contribution in [3.05, 3.63) is 64.7 Å². The van der Waals surface area contributed by atoms with E-state index in [1.807, 2.05) is 0 Å². The number of amides is 2. The number of nitrogens with zero attached hydrogens (tertiary/aromatic N) is 2. The number of rotatable bonds is 8. The average Bonchev–Trinajstić information content (AvgIpc) is 2.89. The summed E-state index contributed by atoms with van der Waals surface area (Å²) in [6.07, 6.45) is -0.0970. The van der Waals surface area contributed by atoms with Gasteiger partial charge in [-0.1, -0.05) is 41.9 Å². The molecular formula is C29H34ClF3N2O4. The Kier molecular flexibility index (Phi) is 8.52. The third-order valence-corrected chi connectivity index (χ3v) is 8.38. The van der Waals surface area contributed by atoms with Gasteiger partial charge in [-0.2, -0.15) is 13.2 Å². The van der Waals surface area contributed by atoms with Crippen LogP contribution in [0.15, 0.2) is 48.5 Å². The van der Waals surface area contributed by atoms with Crippen molar-refractivity contribution in [3.8, 4) is 5.75 Å². The molecular weight excluding hydrogens is 533 g/mol. The van der Waals surface area contributed by atoms with Crippen molar-refractivity contribution in [2.45, 2.75) is 50.3 Å². The molecule has 1 aliphatic carbocycles. The van der Waals surface area contributed by atoms with E-state index in [1.165, 1.54) is 23.1 Å². The lowest BCUT2D eigenvalue weighted by Gasteiger charge is -2.53. The molecule has 1 saturated carbocycles. The fourth-order valence-corrected chi connectivity index (χ4v) is 6.09. The number of piperidine rings is 1. The molecule has 2 aromatic rings. The smallest absolute Gasteiger partial charge is 0.430 e. The van der Waals surface area contributed by atoms with Gasteiger partial charge < -0.3 is 19.6 Å². The number of benzene rings is 2. The highest BCUT2D eigenvalue weighted by Gasteiger charge is 2.62. The summed E-state index contributed by atoms with van der Waals surface area (Å²) < 4.78 is 47.5. The summed E-state index contributed by atoms with van der Waals surface area (Å²) in [5.74, 6) is -0.362. The van der Waals surface area contributed by atoms with Gasteiger partial charge in [-0.3, -0.25) is 9.59 Å². The second-order valence-corrected chi connectivity index (χ2v) is 11.4. The molecule has 212 valence electrons. The molecule has 0 aromatic heterocycles. The van der Waals surface area contributed by atoms with Gasteiger partial charge in [-0.25, -0.2) is 0 Å². The van der Waals surface area contributed by atoms with Crippen LogP contribution in [0.1, 0.15) is 54.4 Å². The summed E-state index contributed by atoms with van der Waals surface area (Å²) >= 11 is 6.23. The number of alkyl halides is 3. The zero-order chi connectivity index (χ0) is 28.4. The SMILES string of the molecule is CN(C)C(=O)c1ccc(OCCCC2CC3(CCN(C(=O)C(O)(c4ccccc4)C(F)(F)F)CC3)C2)cc1Cl. The third kappa shape index (κ3) is 6.04. The highest BCUT2D eigenvalue weighted by molar-refractivity contribution is 6.34. The maximum atomic E-state index is 13.9. The van der Waals surface area contributed by atoms with Crippen LogP contribution in [-0.4, -0.2) is 66.7 Å². The van der Waals surface area contributed by atoms with E-state index in [0.717, 1.165) is 42.7 Å². The maximum absolute atomic E-state index is 13.9. The summed E-state index contributed by atoms with van der Waals surface area (Å²) in [5.41, 5.74) is -3.54. The molecule has 1 aliphatic heterocycles. The molecule has 39 heavy (non-hydrogen) atoms. The monoisotopic (exact) mass is 566 g/mol. The van der Waals surface area contributed by atoms with Crippen molar-refractivity contribution >= 4 is 23.4 Å². The van der Waals surface area contributed by atoms with Gasteiger partial charge in [0.15, 0.2) is 0 Å². The molecule has 6 nitrogen and oxygen atoms in total. The molecule has 1 saturated heterocycles. The number of halogens is 4. The van der Waals surface area contributed by atoms with Crippen LogP contribution in [0.5, 0.6) is 5.75 Å². The zero-order valence-electron chi connectivity index (χ0n) is 22.1. The first-order valence-electron chi connectivity index (χ1n) is 13.1. The quantitative estimate of drug-likeness (QED) is 0.418. The number of carbonyl (C=O) groups is 2. The Morgan fingerprint density at radius 2 is 1.74 bits per heavy atom. The van der Waals surface area contributed by atoms with E-state index in [9.17, 15) is 27.9 Å². The third-order valence-electron chi connectivity index (χ3n) is 8.07. The van der Waals surface area contributed by atoms with Crippen molar-refractivity contribution < 1.29 is 32.6 Å². The highest BCUT2D eigenvalue weighted by atomic mass is 35.5. The second-order valence-electron chi connectivity index (χ2n) is 11.0. The van der Waals surface area contributed by atoms with Gasteiger partial charge in [0.25, 0.3) is 17.4 Å². The normalized spacial score (nSPS) is 18.8. The topological polar surface area (TPSA) is 70.1 Å². The number of carbonyl (C=O) groups excluding carboxylic acids is 2. The highest BCUT2D eigenvalue weighted by Crippen LogP contribution is 2.54. The van der Waals surface area contributed by atoms with Crippen LogP contribution in [0, 0.1) is 11.3 Å². The van der Waals surface area contributed by atoms with Crippen LogP contribution in [0.2, 0.25) is 5.02 Å². The van der Waals surface area contributed by atoms with Gasteiger partial charge >= 0.3 is 6.18 Å². The van der Waals surface area contributed by atoms with E-state index in [4.69, 9.17) is 16.3 Å². The molecule has 0 bridgehead atoms. The van der Waals surface area contributed by atoms with Gasteiger partial charge in [0.05, 0.1) is 17.2 Å². The summed E-state index contributed by atoms with van der Waals surface area (Å²) in [5, 5.41) is 11.0. The number of aliphatic hydroxyl groups is 1. The average molecular weight is 567 g/mol. The minimum atomic E-state index is -5.12. The summed E-state index contributed by atoms with van der Waals surface area (Å²) in [7, 11) is 3.33. The van der Waals surface area contributed by atoms with Crippen molar-refractivity contribution in [2.75, 3.05) is 33.8 Å². The van der Waals surface area contributed by atoms with Crippen LogP contribution in [0.25, 0.3) is 0 Å². The Balaban J connectivity index is 1.22. The first kappa shape index (κ1) is 29.2. The molecule has 2 aliphatic rings. The number of ether oxygens (including phenoxy) is 1. The Hall–Kier alpha value is -2.78. The molecule has 0 radical (unpaired) electrons. The molecule has 1 atom stereocenters. The number of hydrogen-bond acceptors (Lipinski definition) is 4. The van der Waals surface area contributed by atoms with E-state index in [0.29, 0.717) is 41.7 Å². The molecule has 2 fully saturated rings. The van der Waals surface area contributed by atoms with E-state index in [2.05, 4.69) is 0 Å². The summed E-state index contributed by atoms with van der Waals surface area (Å²) in [6, 6.07) is 11.6. The lowest BCUT2D eigenvalue weighted by molar-refractivity contribution is -0.262. The first-order valence-corrected chi connectivity index (χ1v) is 13.5. The predicted molar refractivity (Wildman–Crippen MR) is 142 cm³/mol. The molecule has 2 aromatic carbocycles. The lowest BCUT2D eigenvalue weighted by Crippen LogP contribution is -2.58. The van der Waals surface area contributed by atoms with E-state index < -0.39 is 23.2 Å². The molecule has 1 spiro atoms. The molecule has 1 N–H and O–H groups in total. The molecule has 1 unspecified atom stereocenters. The largest absolute Gasteiger partial charge is 0.494 e. The molecule has 10 heteroatoms. The minimum absolute atomic E-state index is 0.0493. The number of hydrogen-bond donors (Lipinski definition) is 1. The molecule has 1 heterocycles. The summed E-state index contributed by atoms with van der Waals surface area (Å²) in [6.45, 7) is 0.915. The van der Waals surface area contributed by atoms with Crippen molar-refractivity contribution in [1.29, 1.82) is 0 Å². The van der Waals surface area contributed by atoms with Crippen LogP contribution in [0.4, 0.5) is 13.2 Å². The molecule has 2 amide bonds. The Labute approximate surface area is 231 Å². The summed E-state index contributed by atoms with van der Waals surface area (Å²) in [4.78, 5) is 27.7. The van der Waals surface area contributed by atoms with Crippen LogP contribution in [0.3, 0.4) is 0 Å². The van der Waals surface area contributed by atoms with Crippen molar-refractivity contribution in [2.24, 2.45) is 11.3 Å². The van der Waals surface area contributed by atoms with Crippen LogP contribution in [-0.2, 0) is 10.4 Å². The zero-order valence-corrected chi connectivity index (χ0v) is 22.9. The predicted octanol–water partition coefficient (Wildman–Crippen LogP) is 5.67. The first-order chi connectivity index (χ1) is 18.4. The maximum Gasteiger partial charge on any atom is 0.430 e. The van der Waals surface area contributed by atoms with E-state index >= 15 is 0 Å². The lowest BCUT2D eigenvalue weighted by atomic mass is 9.56. The van der Waals surface area contributed by atoms with Gasteiger partial charge in [0, 0.05) is 32.7 Å². The second kappa shape index (κ2) is 11.4. The fourth-order valence-electron chi connectivity index (χ4n) is 5.84. The van der Waals surface area contributed by atoms with Gasteiger partial charge in [0.1, 0.15) is 5.75 Å². The van der Waals surface area contributed by atoms with Crippen molar-refractivity contribution in [3.63, 3.8) is 0 Å². The minimum Gasteiger partial charge on any atom is -0.494 e. The van der Waals surface area contributed by atoms with E-state index in [-0.39, 0.29) is 24.4 Å². The van der Waals surface area contributed by atoms with Gasteiger partial charge in [0.2, 0.25) is 0 Å². The van der Waals surface area contributed by atoms with Gasteiger partial charge in [-0.05, 0) is 68.1 Å². The van der Waals surface area contributed by atoms with Crippen LogP contribution >= 0.6 is 11.6 Å². The van der Waals surface area contributed by atoms with Gasteiger partial charge in [-0.15, -0.1) is 0 Å². The Bertz CT molecular complexity index is 1170. The van der Waals surface area contributed by atoms with Crippen LogP contribution < -0.4 is 4.74 Å². The Morgan fingerprint density at radius 3 is 2.31 bits per heavy atom. The number of likely N-dealkylation sites (tertiary alicyclic amines) is 1.